The molecule has 10 nitrogen and oxygen atoms in total. The Morgan fingerprint density at radius 1 is 1.09 bits per heavy atom. The van der Waals surface area contributed by atoms with Crippen molar-refractivity contribution in [2.75, 3.05) is 24.3 Å². The molecule has 4 N–H and O–H groups in total. The molecule has 2 fully saturated rings. The number of halogens is 3. The van der Waals surface area contributed by atoms with E-state index < -0.39 is 23.1 Å². The third-order valence-electron chi connectivity index (χ3n) is 8.12. The van der Waals surface area contributed by atoms with Crippen molar-refractivity contribution in [3.8, 4) is 11.3 Å². The fourth-order valence-corrected chi connectivity index (χ4v) is 5.67. The average molecular weight is 594 g/mol. The van der Waals surface area contributed by atoms with Gasteiger partial charge in [-0.25, -0.2) is 15.0 Å². The summed E-state index contributed by atoms with van der Waals surface area (Å²) in [5, 5.41) is 5.63. The molecule has 43 heavy (non-hydrogen) atoms. The summed E-state index contributed by atoms with van der Waals surface area (Å²) in [5.41, 5.74) is 7.08. The molecule has 13 heteroatoms. The normalized spacial score (nSPS) is 19.9. The number of nitrogens with one attached hydrogen (secondary N) is 2. The molecule has 4 aromatic rings. The number of pyridine rings is 1. The van der Waals surface area contributed by atoms with Crippen LogP contribution in [-0.4, -0.2) is 50.4 Å². The molecule has 1 aromatic carbocycles. The summed E-state index contributed by atoms with van der Waals surface area (Å²) in [4.78, 5) is 38.7. The van der Waals surface area contributed by atoms with Crippen molar-refractivity contribution in [2.45, 2.75) is 50.7 Å². The van der Waals surface area contributed by atoms with Crippen LogP contribution in [0.1, 0.15) is 60.3 Å². The number of amides is 2. The molecule has 1 aliphatic heterocycles. The second-order valence-electron chi connectivity index (χ2n) is 11.4. The molecule has 1 saturated carbocycles. The second-order valence-corrected chi connectivity index (χ2v) is 11.4. The van der Waals surface area contributed by atoms with Crippen molar-refractivity contribution in [2.24, 2.45) is 5.41 Å². The Morgan fingerprint density at radius 3 is 2.56 bits per heavy atom. The highest BCUT2D eigenvalue weighted by Gasteiger charge is 2.42. The van der Waals surface area contributed by atoms with E-state index in [0.29, 0.717) is 35.8 Å². The van der Waals surface area contributed by atoms with Gasteiger partial charge in [-0.05, 0) is 50.5 Å². The lowest BCUT2D eigenvalue weighted by Crippen LogP contribution is -2.54. The minimum Gasteiger partial charge on any atom is -0.382 e. The maximum absolute atomic E-state index is 13.0. The van der Waals surface area contributed by atoms with Crippen LogP contribution in [0.2, 0.25) is 0 Å². The highest BCUT2D eigenvalue weighted by molar-refractivity contribution is 6.04. The van der Waals surface area contributed by atoms with E-state index in [4.69, 9.17) is 15.5 Å². The molecule has 0 radical (unpaired) electrons. The largest absolute Gasteiger partial charge is 0.416 e. The van der Waals surface area contributed by atoms with E-state index in [1.54, 1.807) is 30.5 Å². The third kappa shape index (κ3) is 5.64. The van der Waals surface area contributed by atoms with Crippen molar-refractivity contribution < 1.29 is 27.5 Å². The van der Waals surface area contributed by atoms with E-state index >= 15 is 0 Å². The van der Waals surface area contributed by atoms with E-state index in [2.05, 4.69) is 20.6 Å². The number of fused-ring (bicyclic) bond motifs is 1. The van der Waals surface area contributed by atoms with Crippen LogP contribution in [-0.2, 0) is 15.7 Å². The lowest BCUT2D eigenvalue weighted by molar-refractivity contribution is -0.158. The Hall–Kier alpha value is -4.52. The predicted octanol–water partition coefficient (Wildman–Crippen LogP) is 4.82. The monoisotopic (exact) mass is 593 g/mol. The first-order valence-corrected chi connectivity index (χ1v) is 14.0. The Kier molecular flexibility index (Phi) is 7.28. The van der Waals surface area contributed by atoms with Gasteiger partial charge in [-0.2, -0.15) is 13.2 Å². The highest BCUT2D eigenvalue weighted by Crippen LogP contribution is 2.38. The summed E-state index contributed by atoms with van der Waals surface area (Å²) in [6.45, 7) is 2.77. The number of anilines is 2. The molecule has 2 amide bonds. The number of nitrogens with two attached hydrogens (primary N) is 1. The molecule has 2 atom stereocenters. The molecule has 1 unspecified atom stereocenters. The lowest BCUT2D eigenvalue weighted by atomic mass is 9.83. The van der Waals surface area contributed by atoms with Crippen LogP contribution in [0.5, 0.6) is 0 Å². The van der Waals surface area contributed by atoms with E-state index in [1.807, 2.05) is 17.5 Å². The number of nitrogen functional groups attached to an aromatic ring is 1. The molecule has 2 aliphatic rings. The molecular weight excluding hydrogens is 563 g/mol. The number of ether oxygens (including phenoxy) is 1. The minimum atomic E-state index is -4.55. The van der Waals surface area contributed by atoms with Gasteiger partial charge in [0.1, 0.15) is 28.7 Å². The van der Waals surface area contributed by atoms with E-state index in [9.17, 15) is 22.8 Å². The highest BCUT2D eigenvalue weighted by atomic mass is 19.4. The first-order valence-electron chi connectivity index (χ1n) is 14.0. The van der Waals surface area contributed by atoms with Crippen molar-refractivity contribution >= 4 is 29.0 Å². The van der Waals surface area contributed by atoms with E-state index in [0.717, 1.165) is 49.8 Å². The fourth-order valence-electron chi connectivity index (χ4n) is 5.67. The van der Waals surface area contributed by atoms with Crippen molar-refractivity contribution in [1.82, 2.24) is 24.7 Å². The van der Waals surface area contributed by atoms with Crippen molar-refractivity contribution in [3.05, 3.63) is 71.9 Å². The smallest absolute Gasteiger partial charge is 0.382 e. The van der Waals surface area contributed by atoms with Crippen molar-refractivity contribution in [3.63, 3.8) is 0 Å². The van der Waals surface area contributed by atoms with Crippen LogP contribution < -0.4 is 16.4 Å². The molecule has 3 aromatic heterocycles. The Labute approximate surface area is 244 Å². The van der Waals surface area contributed by atoms with Gasteiger partial charge < -0.3 is 21.1 Å². The zero-order chi connectivity index (χ0) is 30.4. The first-order chi connectivity index (χ1) is 20.5. The van der Waals surface area contributed by atoms with Gasteiger partial charge in [0, 0.05) is 41.7 Å². The molecule has 1 aliphatic carbocycles. The summed E-state index contributed by atoms with van der Waals surface area (Å²) < 4.78 is 46.3. The van der Waals surface area contributed by atoms with Gasteiger partial charge in [-0.3, -0.25) is 14.0 Å². The zero-order valence-corrected chi connectivity index (χ0v) is 23.3. The van der Waals surface area contributed by atoms with Crippen LogP contribution in [0.25, 0.3) is 16.8 Å². The quantitative estimate of drug-likeness (QED) is 0.292. The van der Waals surface area contributed by atoms with Crippen molar-refractivity contribution in [1.29, 1.82) is 0 Å². The summed E-state index contributed by atoms with van der Waals surface area (Å²) in [5.74, 6) is 0.384. The standard InChI is InChI=1S/C30H30F3N7O3/c1-29(15-43-16-29)28(42)37-21-4-2-3-19(13-21)26-39-23(24-25(34)36-11-12-40(24)26)17-5-7-18(8-6-17)27(41)38-22-14-20(9-10-35-22)30(31,32)33/h5-12,14,19,21H,2-4,13,15-16H2,1H3,(H2,34,36)(H,37,42)(H,35,38,41)/t19-,21?/m1/s1. The SMILES string of the molecule is CC1(C(=O)NC2CCC[C@@H](c3nc(-c4ccc(C(=O)Nc5cc(C(F)(F)F)ccn5)cc4)c4c(N)nccn34)C2)COC1. The molecule has 224 valence electrons. The molecule has 0 bridgehead atoms. The molecule has 4 heterocycles. The second kappa shape index (κ2) is 11.0. The number of benzene rings is 1. The van der Waals surface area contributed by atoms with E-state index in [-0.39, 0.29) is 29.2 Å². The number of hydrogen-bond acceptors (Lipinski definition) is 7. The number of carbonyl (C=O) groups excluding carboxylic acids is 2. The number of alkyl halides is 3. The van der Waals surface area contributed by atoms with Crippen LogP contribution in [0.4, 0.5) is 24.8 Å². The number of hydrogen-bond donors (Lipinski definition) is 3. The number of carbonyl (C=O) groups is 2. The maximum atomic E-state index is 13.0. The van der Waals surface area contributed by atoms with Gasteiger partial charge in [-0.15, -0.1) is 0 Å². The topological polar surface area (TPSA) is 137 Å². The molecule has 0 spiro atoms. The fraction of sp³-hybridized carbons (Fsp3) is 0.367. The zero-order valence-electron chi connectivity index (χ0n) is 23.3. The number of nitrogens with zero attached hydrogens (tertiary/aromatic N) is 4. The summed E-state index contributed by atoms with van der Waals surface area (Å²) in [6, 6.07) is 8.17. The predicted molar refractivity (Wildman–Crippen MR) is 152 cm³/mol. The molecular formula is C30H30F3N7O3. The van der Waals surface area contributed by atoms with Gasteiger partial charge in [0.15, 0.2) is 0 Å². The lowest BCUT2D eigenvalue weighted by Gasteiger charge is -2.38. The summed E-state index contributed by atoms with van der Waals surface area (Å²) in [6.07, 6.45) is 3.32. The molecule has 1 saturated heterocycles. The summed E-state index contributed by atoms with van der Waals surface area (Å²) in [7, 11) is 0. The van der Waals surface area contributed by atoms with Crippen LogP contribution >= 0.6 is 0 Å². The summed E-state index contributed by atoms with van der Waals surface area (Å²) >= 11 is 0. The van der Waals surface area contributed by atoms with Crippen LogP contribution in [0.3, 0.4) is 0 Å². The van der Waals surface area contributed by atoms with Crippen LogP contribution in [0.15, 0.2) is 55.0 Å². The first kappa shape index (κ1) is 28.6. The minimum absolute atomic E-state index is 0.0134. The Morgan fingerprint density at radius 2 is 1.86 bits per heavy atom. The Bertz CT molecular complexity index is 1680. The van der Waals surface area contributed by atoms with Gasteiger partial charge >= 0.3 is 6.18 Å². The number of imidazole rings is 1. The van der Waals surface area contributed by atoms with Gasteiger partial charge in [0.25, 0.3) is 5.91 Å². The third-order valence-corrected chi connectivity index (χ3v) is 8.12. The maximum Gasteiger partial charge on any atom is 0.416 e. The van der Waals surface area contributed by atoms with E-state index in [1.165, 1.54) is 0 Å². The molecule has 6 rings (SSSR count). The number of rotatable bonds is 6. The Balaban J connectivity index is 1.23. The van der Waals surface area contributed by atoms with Gasteiger partial charge in [0.2, 0.25) is 5.91 Å². The van der Waals surface area contributed by atoms with Crippen LogP contribution in [0, 0.1) is 5.41 Å². The average Bonchev–Trinajstić information content (AvgIpc) is 3.37. The van der Waals surface area contributed by atoms with Gasteiger partial charge in [-0.1, -0.05) is 18.6 Å². The van der Waals surface area contributed by atoms with Gasteiger partial charge in [0.05, 0.1) is 24.2 Å². The number of aromatic nitrogens is 4.